The van der Waals surface area contributed by atoms with E-state index in [-0.39, 0.29) is 18.7 Å². The number of halogens is 3. The first-order valence-electron chi connectivity index (χ1n) is 6.84. The maximum Gasteiger partial charge on any atom is 0.391 e. The summed E-state index contributed by atoms with van der Waals surface area (Å²) >= 11 is 1.17. The van der Waals surface area contributed by atoms with E-state index in [4.69, 9.17) is 0 Å². The lowest BCUT2D eigenvalue weighted by atomic mass is 9.85. The Bertz CT molecular complexity index is 515. The third kappa shape index (κ3) is 3.66. The van der Waals surface area contributed by atoms with Crippen LogP contribution in [-0.2, 0) is 0 Å². The second-order valence-electron chi connectivity index (χ2n) is 5.30. The molecule has 1 amide bonds. The van der Waals surface area contributed by atoms with Crippen molar-refractivity contribution in [1.82, 2.24) is 9.69 Å². The molecular formula is C13H18F3N3OS. The van der Waals surface area contributed by atoms with Crippen LogP contribution in [-0.4, -0.2) is 29.5 Å². The number of rotatable bonds is 3. The molecule has 1 fully saturated rings. The van der Waals surface area contributed by atoms with E-state index in [2.05, 4.69) is 15.0 Å². The van der Waals surface area contributed by atoms with Gasteiger partial charge < -0.3 is 10.6 Å². The van der Waals surface area contributed by atoms with E-state index in [9.17, 15) is 18.0 Å². The minimum atomic E-state index is -4.18. The van der Waals surface area contributed by atoms with Gasteiger partial charge >= 0.3 is 6.18 Å². The van der Waals surface area contributed by atoms with Crippen molar-refractivity contribution in [2.75, 3.05) is 12.4 Å². The van der Waals surface area contributed by atoms with Gasteiger partial charge in [0.2, 0.25) is 0 Å². The van der Waals surface area contributed by atoms with Gasteiger partial charge in [-0.15, -0.1) is 0 Å². The van der Waals surface area contributed by atoms with Gasteiger partial charge in [0, 0.05) is 13.1 Å². The van der Waals surface area contributed by atoms with Crippen molar-refractivity contribution in [3.05, 3.63) is 11.3 Å². The number of carbonyl (C=O) groups is 1. The quantitative estimate of drug-likeness (QED) is 0.898. The van der Waals surface area contributed by atoms with E-state index >= 15 is 0 Å². The van der Waals surface area contributed by atoms with Gasteiger partial charge in [-0.25, -0.2) is 0 Å². The molecule has 2 rings (SSSR count). The number of nitrogens with one attached hydrogen (secondary N) is 2. The van der Waals surface area contributed by atoms with Crippen molar-refractivity contribution >= 4 is 22.4 Å². The van der Waals surface area contributed by atoms with Crippen molar-refractivity contribution < 1.29 is 18.0 Å². The van der Waals surface area contributed by atoms with E-state index in [1.54, 1.807) is 14.0 Å². The predicted molar refractivity (Wildman–Crippen MR) is 75.7 cm³/mol. The molecule has 0 bridgehead atoms. The molecule has 0 aliphatic heterocycles. The van der Waals surface area contributed by atoms with Crippen molar-refractivity contribution in [3.63, 3.8) is 0 Å². The minimum absolute atomic E-state index is 0.0409. The highest BCUT2D eigenvalue weighted by molar-refractivity contribution is 7.10. The zero-order chi connectivity index (χ0) is 15.6. The molecule has 1 aliphatic carbocycles. The average Bonchev–Trinajstić information content (AvgIpc) is 2.79. The molecule has 0 aromatic carbocycles. The summed E-state index contributed by atoms with van der Waals surface area (Å²) in [6.45, 7) is 1.71. The van der Waals surface area contributed by atoms with Crippen LogP contribution in [0.4, 0.5) is 18.2 Å². The van der Waals surface area contributed by atoms with Gasteiger partial charge in [0.15, 0.2) is 0 Å². The van der Waals surface area contributed by atoms with E-state index in [1.807, 2.05) is 0 Å². The normalized spacial score (nSPS) is 22.9. The smallest absolute Gasteiger partial charge is 0.378 e. The zero-order valence-electron chi connectivity index (χ0n) is 11.9. The summed E-state index contributed by atoms with van der Waals surface area (Å²) in [6.07, 6.45) is -3.00. The summed E-state index contributed by atoms with van der Waals surface area (Å²) in [5.41, 5.74) is 1.02. The SMILES string of the molecule is CNc1snc(C)c1C(=O)N[C@H]1CCC[C@@H](C(F)(F)F)C1. The fourth-order valence-corrected chi connectivity index (χ4v) is 3.43. The largest absolute Gasteiger partial charge is 0.391 e. The molecule has 2 atom stereocenters. The summed E-state index contributed by atoms with van der Waals surface area (Å²) in [5.74, 6) is -1.67. The summed E-state index contributed by atoms with van der Waals surface area (Å²) in [6, 6.07) is -0.429. The maximum atomic E-state index is 12.8. The first-order chi connectivity index (χ1) is 9.82. The lowest BCUT2D eigenvalue weighted by Gasteiger charge is -2.31. The summed E-state index contributed by atoms with van der Waals surface area (Å²) < 4.78 is 42.4. The van der Waals surface area contributed by atoms with Crippen molar-refractivity contribution in [3.8, 4) is 0 Å². The topological polar surface area (TPSA) is 54.0 Å². The summed E-state index contributed by atoms with van der Waals surface area (Å²) in [7, 11) is 1.68. The number of aromatic nitrogens is 1. The van der Waals surface area contributed by atoms with Gasteiger partial charge in [0.1, 0.15) is 5.00 Å². The third-order valence-electron chi connectivity index (χ3n) is 3.79. The fraction of sp³-hybridized carbons (Fsp3) is 0.692. The molecule has 0 saturated heterocycles. The van der Waals surface area contributed by atoms with Crippen LogP contribution < -0.4 is 10.6 Å². The number of carbonyl (C=O) groups excluding carboxylic acids is 1. The van der Waals surface area contributed by atoms with Crippen LogP contribution in [0, 0.1) is 12.8 Å². The molecule has 0 radical (unpaired) electrons. The van der Waals surface area contributed by atoms with Crippen LogP contribution >= 0.6 is 11.5 Å². The molecule has 1 heterocycles. The Morgan fingerprint density at radius 1 is 1.38 bits per heavy atom. The van der Waals surface area contributed by atoms with Gasteiger partial charge in [0.25, 0.3) is 5.91 Å². The monoisotopic (exact) mass is 321 g/mol. The molecule has 4 nitrogen and oxygen atoms in total. The van der Waals surface area contributed by atoms with Crippen molar-refractivity contribution in [2.45, 2.75) is 44.8 Å². The van der Waals surface area contributed by atoms with Crippen LogP contribution in [0.2, 0.25) is 0 Å². The van der Waals surface area contributed by atoms with E-state index in [0.717, 1.165) is 0 Å². The van der Waals surface area contributed by atoms with Crippen LogP contribution in [0.15, 0.2) is 0 Å². The Labute approximate surface area is 125 Å². The number of amides is 1. The molecule has 0 spiro atoms. The summed E-state index contributed by atoms with van der Waals surface area (Å²) in [4.78, 5) is 12.3. The Morgan fingerprint density at radius 2 is 2.10 bits per heavy atom. The van der Waals surface area contributed by atoms with E-state index in [1.165, 1.54) is 11.5 Å². The Hall–Kier alpha value is -1.31. The maximum absolute atomic E-state index is 12.8. The lowest BCUT2D eigenvalue weighted by molar-refractivity contribution is -0.183. The molecule has 21 heavy (non-hydrogen) atoms. The average molecular weight is 321 g/mol. The first-order valence-corrected chi connectivity index (χ1v) is 7.62. The lowest BCUT2D eigenvalue weighted by Crippen LogP contribution is -2.41. The second-order valence-corrected chi connectivity index (χ2v) is 6.07. The van der Waals surface area contributed by atoms with Crippen LogP contribution in [0.5, 0.6) is 0 Å². The number of aryl methyl sites for hydroxylation is 1. The predicted octanol–water partition coefficient (Wildman–Crippen LogP) is 3.34. The van der Waals surface area contributed by atoms with Gasteiger partial charge in [0.05, 0.1) is 17.2 Å². The number of hydrogen-bond donors (Lipinski definition) is 2. The Kier molecular flexibility index (Phi) is 4.75. The highest BCUT2D eigenvalue weighted by Crippen LogP contribution is 2.37. The van der Waals surface area contributed by atoms with E-state index in [0.29, 0.717) is 29.1 Å². The molecule has 2 N–H and O–H groups in total. The van der Waals surface area contributed by atoms with Crippen LogP contribution in [0.3, 0.4) is 0 Å². The van der Waals surface area contributed by atoms with Crippen molar-refractivity contribution in [2.24, 2.45) is 5.92 Å². The molecule has 0 unspecified atom stereocenters. The Balaban J connectivity index is 2.04. The Morgan fingerprint density at radius 3 is 2.71 bits per heavy atom. The van der Waals surface area contributed by atoms with Gasteiger partial charge in [-0.3, -0.25) is 4.79 Å². The van der Waals surface area contributed by atoms with Gasteiger partial charge in [-0.2, -0.15) is 17.5 Å². The highest BCUT2D eigenvalue weighted by atomic mass is 32.1. The molecule has 1 aliphatic rings. The first kappa shape index (κ1) is 16.1. The molecular weight excluding hydrogens is 303 g/mol. The van der Waals surface area contributed by atoms with Crippen LogP contribution in [0.25, 0.3) is 0 Å². The summed E-state index contributed by atoms with van der Waals surface area (Å²) in [5, 5.41) is 6.24. The van der Waals surface area contributed by atoms with Crippen molar-refractivity contribution in [1.29, 1.82) is 0 Å². The minimum Gasteiger partial charge on any atom is -0.378 e. The second kappa shape index (κ2) is 6.21. The van der Waals surface area contributed by atoms with E-state index < -0.39 is 18.1 Å². The van der Waals surface area contributed by atoms with Gasteiger partial charge in [-0.05, 0) is 37.7 Å². The van der Waals surface area contributed by atoms with Crippen LogP contribution in [0.1, 0.15) is 41.7 Å². The standard InChI is InChI=1S/C13H18F3N3OS/c1-7-10(12(17-2)21-19-7)11(20)18-9-5-3-4-8(6-9)13(14,15)16/h8-9,17H,3-6H2,1-2H3,(H,18,20)/t8-,9+/m1/s1. The molecule has 1 saturated carbocycles. The van der Waals surface area contributed by atoms with Gasteiger partial charge in [-0.1, -0.05) is 6.42 Å². The number of hydrogen-bond acceptors (Lipinski definition) is 4. The fourth-order valence-electron chi connectivity index (χ4n) is 2.68. The number of alkyl halides is 3. The number of nitrogens with zero attached hydrogens (tertiary/aromatic N) is 1. The number of anilines is 1. The highest BCUT2D eigenvalue weighted by Gasteiger charge is 2.42. The molecule has 1 aromatic rings. The molecule has 1 aromatic heterocycles. The zero-order valence-corrected chi connectivity index (χ0v) is 12.7. The third-order valence-corrected chi connectivity index (χ3v) is 4.75. The molecule has 118 valence electrons. The molecule has 8 heteroatoms.